The normalized spacial score (nSPS) is 10.4. The minimum atomic E-state index is -0.335. The maximum absolute atomic E-state index is 12.9. The van der Waals surface area contributed by atoms with Crippen LogP contribution in [0.4, 0.5) is 4.39 Å². The van der Waals surface area contributed by atoms with Crippen LogP contribution in [-0.2, 0) is 6.42 Å². The van der Waals surface area contributed by atoms with Gasteiger partial charge in [0.1, 0.15) is 17.2 Å². The lowest BCUT2D eigenvalue weighted by molar-refractivity contribution is 0.0787. The van der Waals surface area contributed by atoms with Crippen molar-refractivity contribution in [2.45, 2.75) is 26.2 Å². The van der Waals surface area contributed by atoms with Crippen LogP contribution in [0.3, 0.4) is 0 Å². The molecule has 0 spiro atoms. The van der Waals surface area contributed by atoms with Gasteiger partial charge < -0.3 is 10.2 Å². The van der Waals surface area contributed by atoms with Crippen molar-refractivity contribution < 1.29 is 14.0 Å². The van der Waals surface area contributed by atoms with Gasteiger partial charge >= 0.3 is 0 Å². The van der Waals surface area contributed by atoms with Crippen molar-refractivity contribution in [3.8, 4) is 0 Å². The van der Waals surface area contributed by atoms with E-state index in [9.17, 15) is 14.0 Å². The number of benzene rings is 1. The highest BCUT2D eigenvalue weighted by Gasteiger charge is 2.15. The third kappa shape index (κ3) is 5.65. The Kier molecular flexibility index (Phi) is 7.26. The van der Waals surface area contributed by atoms with Gasteiger partial charge in [0.2, 0.25) is 0 Å². The number of rotatable bonds is 8. The first-order valence-electron chi connectivity index (χ1n) is 8.76. The average Bonchev–Trinajstić information content (AvgIpc) is 2.67. The standard InChI is InChI=1S/C20H24FN3O2/c1-3-4-14-24(2)20(26)18-7-5-6-17(23-18)19(25)22-13-12-15-8-10-16(21)11-9-15/h5-11H,3-4,12-14H2,1-2H3,(H,22,25). The predicted octanol–water partition coefficient (Wildman–Crippen LogP) is 3.07. The van der Waals surface area contributed by atoms with Crippen LogP contribution < -0.4 is 5.32 Å². The highest BCUT2D eigenvalue weighted by molar-refractivity contribution is 5.96. The van der Waals surface area contributed by atoms with Crippen LogP contribution in [0.2, 0.25) is 0 Å². The van der Waals surface area contributed by atoms with Gasteiger partial charge in [-0.25, -0.2) is 9.37 Å². The van der Waals surface area contributed by atoms with Gasteiger partial charge in [0.15, 0.2) is 0 Å². The predicted molar refractivity (Wildman–Crippen MR) is 98.5 cm³/mol. The Morgan fingerprint density at radius 3 is 2.50 bits per heavy atom. The topological polar surface area (TPSA) is 62.3 Å². The first kappa shape index (κ1) is 19.6. The molecule has 0 aliphatic heterocycles. The number of unbranched alkanes of at least 4 members (excludes halogenated alkanes) is 1. The molecule has 0 atom stereocenters. The van der Waals surface area contributed by atoms with Gasteiger partial charge in [-0.2, -0.15) is 0 Å². The monoisotopic (exact) mass is 357 g/mol. The Bertz CT molecular complexity index is 747. The molecule has 1 aromatic heterocycles. The summed E-state index contributed by atoms with van der Waals surface area (Å²) in [7, 11) is 1.73. The lowest BCUT2D eigenvalue weighted by Crippen LogP contribution is -2.30. The number of nitrogens with one attached hydrogen (secondary N) is 1. The summed E-state index contributed by atoms with van der Waals surface area (Å²) in [6, 6.07) is 11.0. The molecule has 2 rings (SSSR count). The number of carbonyl (C=O) groups excluding carboxylic acids is 2. The van der Waals surface area contributed by atoms with Gasteiger partial charge in [-0.1, -0.05) is 31.5 Å². The molecular weight excluding hydrogens is 333 g/mol. The number of nitrogens with zero attached hydrogens (tertiary/aromatic N) is 2. The summed E-state index contributed by atoms with van der Waals surface area (Å²) in [5.74, 6) is -0.815. The lowest BCUT2D eigenvalue weighted by Gasteiger charge is -2.16. The third-order valence-electron chi connectivity index (χ3n) is 4.01. The van der Waals surface area contributed by atoms with Crippen LogP contribution in [0.5, 0.6) is 0 Å². The minimum Gasteiger partial charge on any atom is -0.350 e. The summed E-state index contributed by atoms with van der Waals surface area (Å²) < 4.78 is 12.9. The molecule has 1 N–H and O–H groups in total. The van der Waals surface area contributed by atoms with E-state index in [0.717, 1.165) is 18.4 Å². The molecule has 0 aliphatic rings. The van der Waals surface area contributed by atoms with Crippen molar-refractivity contribution in [3.63, 3.8) is 0 Å². The Morgan fingerprint density at radius 2 is 1.81 bits per heavy atom. The molecular formula is C20H24FN3O2. The highest BCUT2D eigenvalue weighted by Crippen LogP contribution is 2.06. The molecule has 138 valence electrons. The third-order valence-corrected chi connectivity index (χ3v) is 4.01. The second-order valence-corrected chi connectivity index (χ2v) is 6.12. The molecule has 1 aromatic carbocycles. The second kappa shape index (κ2) is 9.65. The summed E-state index contributed by atoms with van der Waals surface area (Å²) in [5, 5.41) is 2.77. The molecule has 0 saturated heterocycles. The van der Waals surface area contributed by atoms with Crippen LogP contribution in [-0.4, -0.2) is 41.8 Å². The number of carbonyl (C=O) groups is 2. The molecule has 0 aliphatic carbocycles. The first-order valence-corrected chi connectivity index (χ1v) is 8.76. The zero-order chi connectivity index (χ0) is 18.9. The first-order chi connectivity index (χ1) is 12.5. The summed E-state index contributed by atoms with van der Waals surface area (Å²) in [4.78, 5) is 30.4. The molecule has 0 fully saturated rings. The fourth-order valence-corrected chi connectivity index (χ4v) is 2.43. The molecule has 0 radical (unpaired) electrons. The van der Waals surface area contributed by atoms with Gasteiger partial charge in [0, 0.05) is 20.1 Å². The van der Waals surface area contributed by atoms with E-state index in [0.29, 0.717) is 19.5 Å². The average molecular weight is 357 g/mol. The molecule has 1 heterocycles. The molecule has 0 unspecified atom stereocenters. The number of hydrogen-bond acceptors (Lipinski definition) is 3. The molecule has 5 nitrogen and oxygen atoms in total. The number of pyridine rings is 1. The van der Waals surface area contributed by atoms with E-state index in [1.54, 1.807) is 42.3 Å². The maximum Gasteiger partial charge on any atom is 0.272 e. The quantitative estimate of drug-likeness (QED) is 0.790. The summed E-state index contributed by atoms with van der Waals surface area (Å²) in [6.07, 6.45) is 2.51. The largest absolute Gasteiger partial charge is 0.350 e. The lowest BCUT2D eigenvalue weighted by atomic mass is 10.1. The zero-order valence-electron chi connectivity index (χ0n) is 15.2. The van der Waals surface area contributed by atoms with Crippen molar-refractivity contribution in [3.05, 3.63) is 65.2 Å². The van der Waals surface area contributed by atoms with Gasteiger partial charge in [0.05, 0.1) is 0 Å². The molecule has 2 aromatic rings. The number of aromatic nitrogens is 1. The van der Waals surface area contributed by atoms with E-state index in [2.05, 4.69) is 17.2 Å². The summed E-state index contributed by atoms with van der Waals surface area (Å²) in [5.41, 5.74) is 1.40. The van der Waals surface area contributed by atoms with E-state index in [1.807, 2.05) is 0 Å². The number of amides is 2. The number of hydrogen-bond donors (Lipinski definition) is 1. The van der Waals surface area contributed by atoms with Crippen LogP contribution in [0.25, 0.3) is 0 Å². The Labute approximate surface area is 153 Å². The van der Waals surface area contributed by atoms with Gasteiger partial charge in [-0.05, 0) is 42.7 Å². The summed E-state index contributed by atoms with van der Waals surface area (Å²) >= 11 is 0. The fraction of sp³-hybridized carbons (Fsp3) is 0.350. The molecule has 26 heavy (non-hydrogen) atoms. The van der Waals surface area contributed by atoms with Crippen LogP contribution >= 0.6 is 0 Å². The van der Waals surface area contributed by atoms with Crippen LogP contribution in [0, 0.1) is 5.82 Å². The van der Waals surface area contributed by atoms with Crippen molar-refractivity contribution in [2.24, 2.45) is 0 Å². The van der Waals surface area contributed by atoms with Gasteiger partial charge in [-0.15, -0.1) is 0 Å². The van der Waals surface area contributed by atoms with E-state index in [-0.39, 0.29) is 29.0 Å². The Hall–Kier alpha value is -2.76. The van der Waals surface area contributed by atoms with Gasteiger partial charge in [0.25, 0.3) is 11.8 Å². The SMILES string of the molecule is CCCCN(C)C(=O)c1cccc(C(=O)NCCc2ccc(F)cc2)n1. The van der Waals surface area contributed by atoms with E-state index in [1.165, 1.54) is 12.1 Å². The Morgan fingerprint density at radius 1 is 1.12 bits per heavy atom. The van der Waals surface area contributed by atoms with E-state index < -0.39 is 0 Å². The molecule has 6 heteroatoms. The van der Waals surface area contributed by atoms with Gasteiger partial charge in [-0.3, -0.25) is 9.59 Å². The van der Waals surface area contributed by atoms with Crippen molar-refractivity contribution >= 4 is 11.8 Å². The van der Waals surface area contributed by atoms with Crippen molar-refractivity contribution in [2.75, 3.05) is 20.1 Å². The highest BCUT2D eigenvalue weighted by atomic mass is 19.1. The van der Waals surface area contributed by atoms with Crippen molar-refractivity contribution in [1.82, 2.24) is 15.2 Å². The van der Waals surface area contributed by atoms with Crippen LogP contribution in [0.1, 0.15) is 46.3 Å². The van der Waals surface area contributed by atoms with E-state index in [4.69, 9.17) is 0 Å². The molecule has 0 saturated carbocycles. The van der Waals surface area contributed by atoms with Crippen LogP contribution in [0.15, 0.2) is 42.5 Å². The maximum atomic E-state index is 12.9. The molecule has 0 bridgehead atoms. The van der Waals surface area contributed by atoms with Crippen molar-refractivity contribution in [1.29, 1.82) is 0 Å². The number of halogens is 1. The zero-order valence-corrected chi connectivity index (χ0v) is 15.2. The second-order valence-electron chi connectivity index (χ2n) is 6.12. The fourth-order valence-electron chi connectivity index (χ4n) is 2.43. The minimum absolute atomic E-state index is 0.195. The summed E-state index contributed by atoms with van der Waals surface area (Å²) in [6.45, 7) is 3.12. The molecule has 2 amide bonds. The smallest absolute Gasteiger partial charge is 0.272 e. The Balaban J connectivity index is 1.92. The van der Waals surface area contributed by atoms with E-state index >= 15 is 0 Å².